The van der Waals surface area contributed by atoms with Crippen molar-refractivity contribution in [1.29, 1.82) is 0 Å². The molecule has 1 saturated heterocycles. The number of likely N-dealkylation sites (tertiary alicyclic amines) is 1. The molecule has 1 aliphatic rings. The quantitative estimate of drug-likeness (QED) is 0.936. The summed E-state index contributed by atoms with van der Waals surface area (Å²) < 4.78 is 10.3. The summed E-state index contributed by atoms with van der Waals surface area (Å²) in [6, 6.07) is 1.62. The molecule has 0 spiro atoms. The van der Waals surface area contributed by atoms with Gasteiger partial charge in [-0.15, -0.1) is 0 Å². The molecule has 7 nitrogen and oxygen atoms in total. The Bertz CT molecular complexity index is 649. The molecule has 1 N–H and O–H groups in total. The first kappa shape index (κ1) is 14.8. The highest BCUT2D eigenvalue weighted by molar-refractivity contribution is 5.95. The van der Waals surface area contributed by atoms with E-state index >= 15 is 0 Å². The smallest absolute Gasteiger partial charge is 0.258 e. The number of hydrogen-bond donors (Lipinski definition) is 1. The molecule has 118 valence electrons. The molecule has 2 aromatic rings. The molecule has 0 unspecified atom stereocenters. The number of nitrogens with one attached hydrogen (secondary N) is 1. The van der Waals surface area contributed by atoms with Crippen molar-refractivity contribution in [2.75, 3.05) is 13.7 Å². The molecule has 7 heteroatoms. The normalized spacial score (nSPS) is 18.6. The molecule has 1 atom stereocenters. The number of H-pyrrole nitrogens is 1. The van der Waals surface area contributed by atoms with E-state index in [9.17, 15) is 4.79 Å². The van der Waals surface area contributed by atoms with E-state index < -0.39 is 0 Å². The van der Waals surface area contributed by atoms with E-state index in [-0.39, 0.29) is 11.9 Å². The summed E-state index contributed by atoms with van der Waals surface area (Å²) in [5.41, 5.74) is 0.611. The van der Waals surface area contributed by atoms with Crippen LogP contribution in [0.25, 0.3) is 0 Å². The molecule has 1 amide bonds. The van der Waals surface area contributed by atoms with Crippen LogP contribution in [0.2, 0.25) is 0 Å². The van der Waals surface area contributed by atoms with Gasteiger partial charge in [0.25, 0.3) is 5.91 Å². The third-order valence-electron chi connectivity index (χ3n) is 3.98. The molecule has 22 heavy (non-hydrogen) atoms. The highest BCUT2D eigenvalue weighted by Crippen LogP contribution is 2.30. The van der Waals surface area contributed by atoms with Crippen molar-refractivity contribution < 1.29 is 13.9 Å². The number of aromatic nitrogens is 3. The van der Waals surface area contributed by atoms with Crippen LogP contribution in [0.5, 0.6) is 0 Å². The summed E-state index contributed by atoms with van der Waals surface area (Å²) in [7, 11) is 1.61. The minimum atomic E-state index is -0.0996. The van der Waals surface area contributed by atoms with Crippen LogP contribution in [0.4, 0.5) is 0 Å². The lowest BCUT2D eigenvalue weighted by Gasteiger charge is -2.33. The van der Waals surface area contributed by atoms with Crippen LogP contribution in [0.3, 0.4) is 0 Å². The standard InChI is InChI=1S/C15H20N4O3/c1-10-11(6-8-22-10)15(20)19-7-4-3-5-12(19)14-16-13(9-21-2)17-18-14/h6,8,12H,3-5,7,9H2,1-2H3,(H,16,17,18)/t12-/m1/s1. The summed E-state index contributed by atoms with van der Waals surface area (Å²) >= 11 is 0. The number of nitrogens with zero attached hydrogens (tertiary/aromatic N) is 3. The third-order valence-corrected chi connectivity index (χ3v) is 3.98. The minimum absolute atomic E-state index is 0.0194. The number of piperidine rings is 1. The van der Waals surface area contributed by atoms with Gasteiger partial charge in [-0.25, -0.2) is 4.98 Å². The van der Waals surface area contributed by atoms with E-state index in [1.54, 1.807) is 26.4 Å². The maximum Gasteiger partial charge on any atom is 0.258 e. The fourth-order valence-corrected chi connectivity index (χ4v) is 2.86. The lowest BCUT2D eigenvalue weighted by atomic mass is 10.0. The number of furan rings is 1. The Balaban J connectivity index is 1.84. The zero-order valence-corrected chi connectivity index (χ0v) is 12.8. The van der Waals surface area contributed by atoms with E-state index in [1.807, 2.05) is 4.90 Å². The molecule has 2 aromatic heterocycles. The minimum Gasteiger partial charge on any atom is -0.469 e. The average molecular weight is 304 g/mol. The van der Waals surface area contributed by atoms with E-state index in [1.165, 1.54) is 0 Å². The highest BCUT2D eigenvalue weighted by Gasteiger charge is 2.32. The van der Waals surface area contributed by atoms with E-state index in [0.717, 1.165) is 19.3 Å². The van der Waals surface area contributed by atoms with Crippen LogP contribution in [0.1, 0.15) is 53.1 Å². The monoisotopic (exact) mass is 304 g/mol. The summed E-state index contributed by atoms with van der Waals surface area (Å²) in [6.07, 6.45) is 4.47. The number of amides is 1. The van der Waals surface area contributed by atoms with Crippen LogP contribution in [0, 0.1) is 6.92 Å². The molecule has 1 aliphatic heterocycles. The van der Waals surface area contributed by atoms with Crippen LogP contribution in [0.15, 0.2) is 16.7 Å². The van der Waals surface area contributed by atoms with E-state index in [0.29, 0.717) is 36.1 Å². The lowest BCUT2D eigenvalue weighted by Crippen LogP contribution is -2.39. The molecule has 3 rings (SSSR count). The average Bonchev–Trinajstić information content (AvgIpc) is 3.16. The van der Waals surface area contributed by atoms with Crippen LogP contribution in [-0.4, -0.2) is 39.6 Å². The van der Waals surface area contributed by atoms with Gasteiger partial charge in [-0.3, -0.25) is 9.89 Å². The summed E-state index contributed by atoms with van der Waals surface area (Å²) in [5.74, 6) is 1.95. The number of ether oxygens (including phenoxy) is 1. The Labute approximate surface area is 128 Å². The first-order valence-corrected chi connectivity index (χ1v) is 7.46. The van der Waals surface area contributed by atoms with Gasteiger partial charge in [0.15, 0.2) is 11.6 Å². The summed E-state index contributed by atoms with van der Waals surface area (Å²) in [5, 5.41) is 7.13. The Morgan fingerprint density at radius 2 is 2.41 bits per heavy atom. The fraction of sp³-hybridized carbons (Fsp3) is 0.533. The van der Waals surface area contributed by atoms with Gasteiger partial charge in [-0.1, -0.05) is 0 Å². The number of aromatic amines is 1. The zero-order chi connectivity index (χ0) is 15.5. The van der Waals surface area contributed by atoms with Gasteiger partial charge in [0.1, 0.15) is 12.4 Å². The Morgan fingerprint density at radius 3 is 3.14 bits per heavy atom. The van der Waals surface area contributed by atoms with Gasteiger partial charge in [0.2, 0.25) is 0 Å². The first-order chi connectivity index (χ1) is 10.7. The zero-order valence-electron chi connectivity index (χ0n) is 12.8. The molecular formula is C15H20N4O3. The lowest BCUT2D eigenvalue weighted by molar-refractivity contribution is 0.0598. The Kier molecular flexibility index (Phi) is 4.24. The number of methoxy groups -OCH3 is 1. The van der Waals surface area contributed by atoms with Gasteiger partial charge in [-0.05, 0) is 32.3 Å². The van der Waals surface area contributed by atoms with E-state index in [4.69, 9.17) is 9.15 Å². The molecule has 1 fully saturated rings. The maximum atomic E-state index is 12.8. The highest BCUT2D eigenvalue weighted by atomic mass is 16.5. The predicted molar refractivity (Wildman–Crippen MR) is 78.2 cm³/mol. The molecule has 0 aliphatic carbocycles. The second-order valence-electron chi connectivity index (χ2n) is 5.47. The van der Waals surface area contributed by atoms with Crippen molar-refractivity contribution in [1.82, 2.24) is 20.1 Å². The molecule has 0 radical (unpaired) electrons. The van der Waals surface area contributed by atoms with Gasteiger partial charge in [0, 0.05) is 13.7 Å². The maximum absolute atomic E-state index is 12.8. The topological polar surface area (TPSA) is 84.2 Å². The van der Waals surface area contributed by atoms with Gasteiger partial charge < -0.3 is 14.1 Å². The van der Waals surface area contributed by atoms with Gasteiger partial charge in [0.05, 0.1) is 17.9 Å². The largest absolute Gasteiger partial charge is 0.469 e. The van der Waals surface area contributed by atoms with Gasteiger partial charge in [-0.2, -0.15) is 5.10 Å². The summed E-state index contributed by atoms with van der Waals surface area (Å²) in [6.45, 7) is 2.90. The Morgan fingerprint density at radius 1 is 1.55 bits per heavy atom. The first-order valence-electron chi connectivity index (χ1n) is 7.46. The molecule has 0 saturated carbocycles. The number of hydrogen-bond acceptors (Lipinski definition) is 5. The van der Waals surface area contributed by atoms with E-state index in [2.05, 4.69) is 15.2 Å². The van der Waals surface area contributed by atoms with Crippen molar-refractivity contribution >= 4 is 5.91 Å². The van der Waals surface area contributed by atoms with Crippen molar-refractivity contribution in [2.24, 2.45) is 0 Å². The fourth-order valence-electron chi connectivity index (χ4n) is 2.86. The number of carbonyl (C=O) groups is 1. The number of carbonyl (C=O) groups excluding carboxylic acids is 1. The molecular weight excluding hydrogens is 284 g/mol. The van der Waals surface area contributed by atoms with Gasteiger partial charge >= 0.3 is 0 Å². The molecule has 3 heterocycles. The number of rotatable bonds is 4. The Hall–Kier alpha value is -2.15. The number of aryl methyl sites for hydroxylation is 1. The summed E-state index contributed by atoms with van der Waals surface area (Å²) in [4.78, 5) is 19.1. The SMILES string of the molecule is COCc1nc([C@H]2CCCCN2C(=O)c2ccoc2C)n[nH]1. The van der Waals surface area contributed by atoms with Crippen LogP contribution in [-0.2, 0) is 11.3 Å². The van der Waals surface area contributed by atoms with Crippen LogP contribution < -0.4 is 0 Å². The molecule has 0 aromatic carbocycles. The van der Waals surface area contributed by atoms with Crippen molar-refractivity contribution in [3.63, 3.8) is 0 Å². The van der Waals surface area contributed by atoms with Crippen molar-refractivity contribution in [3.05, 3.63) is 35.3 Å². The second-order valence-corrected chi connectivity index (χ2v) is 5.47. The molecule has 0 bridgehead atoms. The third kappa shape index (κ3) is 2.76. The van der Waals surface area contributed by atoms with Crippen molar-refractivity contribution in [3.8, 4) is 0 Å². The van der Waals surface area contributed by atoms with Crippen LogP contribution >= 0.6 is 0 Å². The van der Waals surface area contributed by atoms with Crippen molar-refractivity contribution in [2.45, 2.75) is 38.8 Å². The second kappa shape index (κ2) is 6.31. The predicted octanol–water partition coefficient (Wildman–Crippen LogP) is 2.22.